The zero-order valence-electron chi connectivity index (χ0n) is 5.45. The van der Waals surface area contributed by atoms with E-state index in [1.165, 1.54) is 4.90 Å². The second-order valence-electron chi connectivity index (χ2n) is 2.27. The number of amides is 1. The SMILES string of the molecule is [C-]#[N+]CC(=O)N1CC(O)C1. The Morgan fingerprint density at radius 3 is 2.80 bits per heavy atom. The zero-order valence-corrected chi connectivity index (χ0v) is 5.45. The number of carbonyl (C=O) groups is 1. The third-order valence-corrected chi connectivity index (χ3v) is 1.43. The first-order chi connectivity index (χ1) is 4.74. The van der Waals surface area contributed by atoms with Gasteiger partial charge in [0.05, 0.1) is 6.10 Å². The molecule has 0 aliphatic carbocycles. The largest absolute Gasteiger partial charge is 0.389 e. The van der Waals surface area contributed by atoms with Gasteiger partial charge in [0, 0.05) is 13.1 Å². The van der Waals surface area contributed by atoms with Gasteiger partial charge in [-0.1, -0.05) is 0 Å². The lowest BCUT2D eigenvalue weighted by Crippen LogP contribution is -2.54. The van der Waals surface area contributed by atoms with Crippen molar-refractivity contribution in [2.75, 3.05) is 19.6 Å². The molecule has 0 saturated carbocycles. The number of aliphatic hydroxyl groups excluding tert-OH is 1. The molecule has 0 aromatic carbocycles. The summed E-state index contributed by atoms with van der Waals surface area (Å²) in [6.07, 6.45) is -0.366. The average molecular weight is 140 g/mol. The van der Waals surface area contributed by atoms with Gasteiger partial charge in [-0.15, -0.1) is 0 Å². The quantitative estimate of drug-likeness (QED) is 0.480. The minimum absolute atomic E-state index is 0.0906. The maximum absolute atomic E-state index is 10.8. The van der Waals surface area contributed by atoms with Gasteiger partial charge in [-0.25, -0.2) is 6.57 Å². The number of likely N-dealkylation sites (tertiary alicyclic amines) is 1. The number of rotatable bonds is 1. The molecule has 0 radical (unpaired) electrons. The van der Waals surface area contributed by atoms with Crippen molar-refractivity contribution in [1.29, 1.82) is 0 Å². The first kappa shape index (κ1) is 7.03. The van der Waals surface area contributed by atoms with Gasteiger partial charge in [-0.3, -0.25) is 4.79 Å². The summed E-state index contributed by atoms with van der Waals surface area (Å²) in [6, 6.07) is 0. The fraction of sp³-hybridized carbons (Fsp3) is 0.667. The van der Waals surface area contributed by atoms with E-state index in [0.717, 1.165) is 0 Å². The Balaban J connectivity index is 2.26. The highest BCUT2D eigenvalue weighted by Gasteiger charge is 2.29. The highest BCUT2D eigenvalue weighted by atomic mass is 16.3. The molecule has 54 valence electrons. The molecule has 10 heavy (non-hydrogen) atoms. The molecule has 0 atom stereocenters. The van der Waals surface area contributed by atoms with Crippen molar-refractivity contribution in [1.82, 2.24) is 4.90 Å². The van der Waals surface area contributed by atoms with Crippen LogP contribution in [0.5, 0.6) is 0 Å². The van der Waals surface area contributed by atoms with Crippen molar-refractivity contribution in [3.63, 3.8) is 0 Å². The number of carbonyl (C=O) groups excluding carboxylic acids is 1. The minimum atomic E-state index is -0.366. The maximum atomic E-state index is 10.8. The molecule has 1 N–H and O–H groups in total. The summed E-state index contributed by atoms with van der Waals surface area (Å²) in [5.41, 5.74) is 0. The normalized spacial score (nSPS) is 17.8. The minimum Gasteiger partial charge on any atom is -0.389 e. The van der Waals surface area contributed by atoms with Crippen LogP contribution in [0.4, 0.5) is 0 Å². The Bertz CT molecular complexity index is 179. The van der Waals surface area contributed by atoms with Crippen LogP contribution in [0.2, 0.25) is 0 Å². The van der Waals surface area contributed by atoms with E-state index in [-0.39, 0.29) is 18.6 Å². The van der Waals surface area contributed by atoms with Crippen molar-refractivity contribution < 1.29 is 9.90 Å². The monoisotopic (exact) mass is 140 g/mol. The molecular formula is C6H8N2O2. The van der Waals surface area contributed by atoms with Crippen LogP contribution in [-0.2, 0) is 4.79 Å². The van der Waals surface area contributed by atoms with Crippen LogP contribution in [-0.4, -0.2) is 41.7 Å². The molecule has 0 spiro atoms. The summed E-state index contributed by atoms with van der Waals surface area (Å²) in [5.74, 6) is -0.180. The van der Waals surface area contributed by atoms with Crippen LogP contribution in [0.3, 0.4) is 0 Å². The van der Waals surface area contributed by atoms with E-state index in [1.54, 1.807) is 0 Å². The molecule has 0 unspecified atom stereocenters. The smallest absolute Gasteiger partial charge is 0.302 e. The standard InChI is InChI=1S/C6H8N2O2/c1-7-2-6(10)8-3-5(9)4-8/h5,9H,2-4H2. The van der Waals surface area contributed by atoms with Gasteiger partial charge in [0.1, 0.15) is 0 Å². The van der Waals surface area contributed by atoms with Crippen molar-refractivity contribution in [3.8, 4) is 0 Å². The molecular weight excluding hydrogens is 132 g/mol. The Morgan fingerprint density at radius 1 is 1.80 bits per heavy atom. The van der Waals surface area contributed by atoms with Crippen molar-refractivity contribution >= 4 is 5.91 Å². The van der Waals surface area contributed by atoms with Gasteiger partial charge in [-0.2, -0.15) is 0 Å². The summed E-state index contributed by atoms with van der Waals surface area (Å²) in [7, 11) is 0. The topological polar surface area (TPSA) is 44.9 Å². The molecule has 0 aromatic heterocycles. The number of hydrogen-bond acceptors (Lipinski definition) is 2. The van der Waals surface area contributed by atoms with E-state index in [4.69, 9.17) is 11.7 Å². The van der Waals surface area contributed by atoms with Crippen LogP contribution < -0.4 is 0 Å². The highest BCUT2D eigenvalue weighted by Crippen LogP contribution is 2.06. The van der Waals surface area contributed by atoms with Gasteiger partial charge in [0.25, 0.3) is 6.54 Å². The Kier molecular flexibility index (Phi) is 1.88. The van der Waals surface area contributed by atoms with Crippen LogP contribution in [0.15, 0.2) is 0 Å². The maximum Gasteiger partial charge on any atom is 0.302 e. The van der Waals surface area contributed by atoms with Gasteiger partial charge in [-0.05, 0) is 0 Å². The second-order valence-corrected chi connectivity index (χ2v) is 2.27. The lowest BCUT2D eigenvalue weighted by molar-refractivity contribution is -0.138. The van der Waals surface area contributed by atoms with Gasteiger partial charge >= 0.3 is 5.91 Å². The highest BCUT2D eigenvalue weighted by molar-refractivity contribution is 5.80. The van der Waals surface area contributed by atoms with E-state index in [0.29, 0.717) is 13.1 Å². The van der Waals surface area contributed by atoms with Gasteiger partial charge in [0.15, 0.2) is 0 Å². The lowest BCUT2D eigenvalue weighted by atomic mass is 10.2. The van der Waals surface area contributed by atoms with Crippen molar-refractivity contribution in [2.45, 2.75) is 6.10 Å². The number of aliphatic hydroxyl groups is 1. The predicted octanol–water partition coefficient (Wildman–Crippen LogP) is -0.891. The molecule has 1 aliphatic rings. The summed E-state index contributed by atoms with van der Waals surface area (Å²) in [6.45, 7) is 7.09. The van der Waals surface area contributed by atoms with Crippen LogP contribution >= 0.6 is 0 Å². The molecule has 1 amide bonds. The van der Waals surface area contributed by atoms with Crippen LogP contribution in [0, 0.1) is 6.57 Å². The molecule has 1 fully saturated rings. The Morgan fingerprint density at radius 2 is 2.40 bits per heavy atom. The van der Waals surface area contributed by atoms with E-state index in [2.05, 4.69) is 4.85 Å². The Labute approximate surface area is 58.9 Å². The van der Waals surface area contributed by atoms with Gasteiger partial charge in [0.2, 0.25) is 0 Å². The van der Waals surface area contributed by atoms with Crippen molar-refractivity contribution in [2.24, 2.45) is 0 Å². The molecule has 1 aliphatic heterocycles. The molecule has 0 bridgehead atoms. The molecule has 0 aromatic rings. The summed E-state index contributed by atoms with van der Waals surface area (Å²) < 4.78 is 0. The summed E-state index contributed by atoms with van der Waals surface area (Å²) in [5, 5.41) is 8.76. The number of hydrogen-bond donors (Lipinski definition) is 1. The fourth-order valence-corrected chi connectivity index (χ4v) is 0.827. The summed E-state index contributed by atoms with van der Waals surface area (Å²) >= 11 is 0. The zero-order chi connectivity index (χ0) is 7.56. The predicted molar refractivity (Wildman–Crippen MR) is 34.1 cm³/mol. The van der Waals surface area contributed by atoms with Crippen molar-refractivity contribution in [3.05, 3.63) is 11.4 Å². The molecule has 4 nitrogen and oxygen atoms in total. The number of β-amino-alcohol motifs (C(OH)–C–C–N with tert-alkyl or cyclic N) is 1. The average Bonchev–Trinajstić information content (AvgIpc) is 1.82. The molecule has 1 saturated heterocycles. The van der Waals surface area contributed by atoms with Crippen LogP contribution in [0.25, 0.3) is 4.85 Å². The first-order valence-corrected chi connectivity index (χ1v) is 3.03. The second kappa shape index (κ2) is 2.67. The molecule has 1 heterocycles. The fourth-order valence-electron chi connectivity index (χ4n) is 0.827. The van der Waals surface area contributed by atoms with E-state index in [1.807, 2.05) is 0 Å². The Hall–Kier alpha value is -1.08. The third-order valence-electron chi connectivity index (χ3n) is 1.43. The van der Waals surface area contributed by atoms with E-state index < -0.39 is 0 Å². The van der Waals surface area contributed by atoms with Crippen LogP contribution in [0.1, 0.15) is 0 Å². The molecule has 1 rings (SSSR count). The van der Waals surface area contributed by atoms with Gasteiger partial charge < -0.3 is 14.9 Å². The first-order valence-electron chi connectivity index (χ1n) is 3.03. The van der Waals surface area contributed by atoms with E-state index in [9.17, 15) is 4.79 Å². The lowest BCUT2D eigenvalue weighted by Gasteiger charge is -2.34. The molecule has 4 heteroatoms. The third kappa shape index (κ3) is 1.25. The summed E-state index contributed by atoms with van der Waals surface area (Å²) in [4.78, 5) is 15.2. The number of nitrogens with zero attached hydrogens (tertiary/aromatic N) is 2. The van der Waals surface area contributed by atoms with E-state index >= 15 is 0 Å².